The molecule has 4 bridgehead atoms. The summed E-state index contributed by atoms with van der Waals surface area (Å²) in [5.41, 5.74) is 0.0623. The quantitative estimate of drug-likeness (QED) is 0.182. The predicted octanol–water partition coefficient (Wildman–Crippen LogP) is 7.27. The van der Waals surface area contributed by atoms with Crippen LogP contribution in [0.4, 0.5) is 0 Å². The highest BCUT2D eigenvalue weighted by Gasteiger charge is 2.81. The highest BCUT2D eigenvalue weighted by Crippen LogP contribution is 2.68. The van der Waals surface area contributed by atoms with Gasteiger partial charge in [0.05, 0.1) is 5.60 Å². The number of fused-ring (bicyclic) bond motifs is 1. The van der Waals surface area contributed by atoms with E-state index in [9.17, 15) is 29.7 Å². The Labute approximate surface area is 271 Å². The number of carboxylic acids is 1. The topological polar surface area (TPSA) is 130 Å². The summed E-state index contributed by atoms with van der Waals surface area (Å²) in [4.78, 5) is 40.6. The minimum Gasteiger partial charge on any atom is -0.507 e. The van der Waals surface area contributed by atoms with Crippen molar-refractivity contribution in [3.8, 4) is 17.2 Å². The number of carbonyl (C=O) groups excluding carboxylic acids is 2. The third kappa shape index (κ3) is 5.05. The fourth-order valence-electron chi connectivity index (χ4n) is 7.80. The lowest BCUT2D eigenvalue weighted by Gasteiger charge is -2.56. The van der Waals surface area contributed by atoms with Crippen LogP contribution in [0.2, 0.25) is 0 Å². The molecule has 5 aliphatic rings. The maximum absolute atomic E-state index is 14.7. The average molecular weight is 631 g/mol. The molecule has 246 valence electrons. The first kappa shape index (κ1) is 33.5. The smallest absolute Gasteiger partial charge is 0.330 e. The summed E-state index contributed by atoms with van der Waals surface area (Å²) in [7, 11) is 0. The number of benzene rings is 1. The number of hydrogen-bond donors (Lipinski definition) is 3. The molecule has 2 fully saturated rings. The molecule has 3 aliphatic carbocycles. The van der Waals surface area contributed by atoms with E-state index in [1.54, 1.807) is 6.08 Å². The predicted molar refractivity (Wildman–Crippen MR) is 175 cm³/mol. The molecule has 8 nitrogen and oxygen atoms in total. The third-order valence-corrected chi connectivity index (χ3v) is 10.2. The van der Waals surface area contributed by atoms with E-state index in [0.29, 0.717) is 12.0 Å². The van der Waals surface area contributed by atoms with Crippen LogP contribution in [-0.4, -0.2) is 49.7 Å². The molecule has 2 unspecified atom stereocenters. The number of rotatable bonds is 10. The summed E-state index contributed by atoms with van der Waals surface area (Å²) in [5, 5.41) is 33.0. The molecule has 2 aliphatic heterocycles. The highest BCUT2D eigenvalue weighted by atomic mass is 16.6. The van der Waals surface area contributed by atoms with Crippen LogP contribution >= 0.6 is 0 Å². The summed E-state index contributed by atoms with van der Waals surface area (Å²) < 4.78 is 13.6. The van der Waals surface area contributed by atoms with Crippen molar-refractivity contribution in [3.63, 3.8) is 0 Å². The Morgan fingerprint density at radius 2 is 1.59 bits per heavy atom. The summed E-state index contributed by atoms with van der Waals surface area (Å²) in [6, 6.07) is 0. The van der Waals surface area contributed by atoms with Gasteiger partial charge in [0.2, 0.25) is 0 Å². The van der Waals surface area contributed by atoms with E-state index >= 15 is 0 Å². The molecule has 1 spiro atoms. The van der Waals surface area contributed by atoms with E-state index in [1.807, 2.05) is 46.8 Å². The van der Waals surface area contributed by atoms with Gasteiger partial charge in [0.25, 0.3) is 0 Å². The SMILES string of the molecule is CC(C)=CCC/C(C)=C/Cc1c(O)c(CC=C(C)C)c2c(c1O)C(=O)C1=C[C@H]3CC4C(C)(C)OC(C/C=C(/C)C(=O)O)(C3=O)[C@]14O2. The summed E-state index contributed by atoms with van der Waals surface area (Å²) in [6.07, 6.45) is 11.6. The van der Waals surface area contributed by atoms with Crippen LogP contribution in [0.5, 0.6) is 17.2 Å². The van der Waals surface area contributed by atoms with Crippen molar-refractivity contribution in [2.24, 2.45) is 11.8 Å². The van der Waals surface area contributed by atoms with Crippen LogP contribution < -0.4 is 4.74 Å². The zero-order valence-corrected chi connectivity index (χ0v) is 28.2. The maximum Gasteiger partial charge on any atom is 0.330 e. The second kappa shape index (κ2) is 11.7. The molecule has 1 aromatic rings. The second-order valence-corrected chi connectivity index (χ2v) is 14.4. The summed E-state index contributed by atoms with van der Waals surface area (Å²) >= 11 is 0. The van der Waals surface area contributed by atoms with Crippen molar-refractivity contribution in [2.45, 2.75) is 111 Å². The molecule has 0 radical (unpaired) electrons. The van der Waals surface area contributed by atoms with Crippen LogP contribution in [0.1, 0.15) is 103 Å². The van der Waals surface area contributed by atoms with E-state index in [0.717, 1.165) is 24.0 Å². The van der Waals surface area contributed by atoms with Gasteiger partial charge in [-0.1, -0.05) is 47.1 Å². The maximum atomic E-state index is 14.7. The van der Waals surface area contributed by atoms with Gasteiger partial charge in [-0.25, -0.2) is 4.79 Å². The van der Waals surface area contributed by atoms with Crippen molar-refractivity contribution >= 4 is 17.5 Å². The van der Waals surface area contributed by atoms with E-state index < -0.39 is 40.4 Å². The molecular weight excluding hydrogens is 584 g/mol. The molecule has 1 saturated carbocycles. The van der Waals surface area contributed by atoms with Gasteiger partial charge in [-0.2, -0.15) is 0 Å². The van der Waals surface area contributed by atoms with E-state index in [4.69, 9.17) is 9.47 Å². The molecule has 3 N–H and O–H groups in total. The lowest BCUT2D eigenvalue weighted by Crippen LogP contribution is -2.72. The number of ketones is 2. The van der Waals surface area contributed by atoms with Crippen molar-refractivity contribution in [1.29, 1.82) is 0 Å². The Kier molecular flexibility index (Phi) is 8.52. The zero-order chi connectivity index (χ0) is 33.9. The van der Waals surface area contributed by atoms with Crippen molar-refractivity contribution in [1.82, 2.24) is 0 Å². The molecule has 6 rings (SSSR count). The van der Waals surface area contributed by atoms with E-state index in [1.165, 1.54) is 18.6 Å². The fraction of sp³-hybridized carbons (Fsp3) is 0.500. The number of carboxylic acid groups (broad SMARTS) is 1. The minimum atomic E-state index is -1.67. The first-order valence-corrected chi connectivity index (χ1v) is 16.1. The summed E-state index contributed by atoms with van der Waals surface area (Å²) in [6.45, 7) is 15.2. The van der Waals surface area contributed by atoms with Crippen molar-refractivity contribution < 1.29 is 39.2 Å². The number of phenols is 2. The average Bonchev–Trinajstić information content (AvgIpc) is 3.12. The number of aliphatic carboxylic acids is 1. The normalized spacial score (nSPS) is 27.4. The number of Topliss-reactive ketones (excluding diaryl/α,β-unsaturated/α-hetero) is 2. The van der Waals surface area contributed by atoms with Crippen LogP contribution in [0.3, 0.4) is 0 Å². The molecule has 2 heterocycles. The Morgan fingerprint density at radius 3 is 2.22 bits per heavy atom. The Hall–Kier alpha value is -3.91. The van der Waals surface area contributed by atoms with Crippen molar-refractivity contribution in [3.05, 3.63) is 74.9 Å². The Balaban J connectivity index is 1.71. The number of hydrogen-bond acceptors (Lipinski definition) is 7. The fourth-order valence-corrected chi connectivity index (χ4v) is 7.80. The summed E-state index contributed by atoms with van der Waals surface area (Å²) in [5.74, 6) is -3.33. The molecule has 46 heavy (non-hydrogen) atoms. The van der Waals surface area contributed by atoms with Gasteiger partial charge in [-0.15, -0.1) is 0 Å². The lowest BCUT2D eigenvalue weighted by molar-refractivity contribution is -0.171. The largest absolute Gasteiger partial charge is 0.507 e. The van der Waals surface area contributed by atoms with Gasteiger partial charge >= 0.3 is 5.97 Å². The minimum absolute atomic E-state index is 0.0259. The number of allylic oxidation sites excluding steroid dienone is 7. The van der Waals surface area contributed by atoms with Gasteiger partial charge < -0.3 is 24.8 Å². The second-order valence-electron chi connectivity index (χ2n) is 14.4. The van der Waals surface area contributed by atoms with Crippen LogP contribution in [0.25, 0.3) is 0 Å². The lowest BCUT2D eigenvalue weighted by atomic mass is 9.51. The van der Waals surface area contributed by atoms with Gasteiger partial charge in [0, 0.05) is 40.5 Å². The molecule has 0 aromatic heterocycles. The number of carbonyl (C=O) groups is 3. The van der Waals surface area contributed by atoms with Crippen molar-refractivity contribution in [2.75, 3.05) is 0 Å². The van der Waals surface area contributed by atoms with Crippen LogP contribution in [0, 0.1) is 11.8 Å². The monoisotopic (exact) mass is 630 g/mol. The third-order valence-electron chi connectivity index (χ3n) is 10.2. The van der Waals surface area contributed by atoms with Crippen LogP contribution in [-0.2, 0) is 27.2 Å². The first-order chi connectivity index (χ1) is 21.5. The molecule has 1 saturated heterocycles. The Bertz CT molecular complexity index is 1670. The molecule has 0 amide bonds. The van der Waals surface area contributed by atoms with Gasteiger partial charge in [-0.3, -0.25) is 9.59 Å². The van der Waals surface area contributed by atoms with E-state index in [2.05, 4.69) is 19.9 Å². The molecular formula is C38H46O8. The standard InChI is InChI=1S/C38H46O8/c1-20(2)10-9-11-22(5)13-15-25-30(39)26(14-12-21(3)4)33-29(31(25)40)32(41)27-18-24-19-28-36(7,8)46-37(34(24)42,38(27,28)45-33)17-16-23(6)35(43)44/h10,12-13,16,18,24,28,39-40H,9,11,14-15,17,19H2,1-8H3,(H,43,44)/b22-13+,23-16-/t24-,28?,37?,38-/m0/s1. The molecule has 8 heteroatoms. The molecule has 1 aromatic carbocycles. The van der Waals surface area contributed by atoms with Gasteiger partial charge in [0.15, 0.2) is 22.8 Å². The zero-order valence-electron chi connectivity index (χ0n) is 28.2. The highest BCUT2D eigenvalue weighted by molar-refractivity contribution is 6.18. The van der Waals surface area contributed by atoms with Crippen LogP contribution in [0.15, 0.2) is 58.2 Å². The number of aromatic hydroxyl groups is 2. The number of phenolic OH excluding ortho intramolecular Hbond substituents is 2. The van der Waals surface area contributed by atoms with Gasteiger partial charge in [0.1, 0.15) is 22.8 Å². The molecule has 4 atom stereocenters. The first-order valence-electron chi connectivity index (χ1n) is 16.1. The van der Waals surface area contributed by atoms with Gasteiger partial charge in [-0.05, 0) is 87.5 Å². The Morgan fingerprint density at radius 1 is 0.935 bits per heavy atom. The van der Waals surface area contributed by atoms with E-state index in [-0.39, 0.29) is 64.6 Å². The number of ether oxygens (including phenoxy) is 2.